The van der Waals surface area contributed by atoms with Gasteiger partial charge in [-0.25, -0.2) is 0 Å². The van der Waals surface area contributed by atoms with E-state index < -0.39 is 0 Å². The fourth-order valence-corrected chi connectivity index (χ4v) is 3.38. The van der Waals surface area contributed by atoms with Crippen LogP contribution in [0.25, 0.3) is 0 Å². The van der Waals surface area contributed by atoms with Gasteiger partial charge >= 0.3 is 0 Å². The van der Waals surface area contributed by atoms with Crippen molar-refractivity contribution in [3.05, 3.63) is 82.4 Å². The van der Waals surface area contributed by atoms with Crippen molar-refractivity contribution in [1.29, 1.82) is 0 Å². The number of alkyl halides is 1. The van der Waals surface area contributed by atoms with Crippen LogP contribution in [0.4, 0.5) is 0 Å². The minimum atomic E-state index is 0.299. The summed E-state index contributed by atoms with van der Waals surface area (Å²) in [5.74, 6) is 0.548. The van der Waals surface area contributed by atoms with Crippen molar-refractivity contribution in [2.45, 2.75) is 38.9 Å². The second-order valence-corrected chi connectivity index (χ2v) is 8.23. The first-order valence-electron chi connectivity index (χ1n) is 9.85. The van der Waals surface area contributed by atoms with Crippen LogP contribution < -0.4 is 5.73 Å². The number of nitrogens with zero attached hydrogens (tertiary/aromatic N) is 2. The molecule has 5 heteroatoms. The van der Waals surface area contributed by atoms with E-state index in [0.717, 1.165) is 28.6 Å². The molecule has 0 spiro atoms. The first kappa shape index (κ1) is 27.3. The quantitative estimate of drug-likeness (QED) is 0.116. The standard InChI is InChI=1S/C22H27Br2N3.C2H6/c1-18(15-21(24)16-19(2)23)22(25)27-14-10-5-3-4-9-13-26-17-20-11-7-6-8-12-20;1-2/h3-8,10-12,15-17,19H,9,13-14H2,1-2H3,(H2,25,27);1-2H3/b4-3-,10-5-,18-15+,21-16+,26-17?;. The molecule has 0 fully saturated rings. The number of amidine groups is 1. The van der Waals surface area contributed by atoms with Gasteiger partial charge in [0.25, 0.3) is 0 Å². The van der Waals surface area contributed by atoms with E-state index in [1.165, 1.54) is 0 Å². The average molecular weight is 523 g/mol. The molecule has 1 aromatic carbocycles. The normalized spacial score (nSPS) is 14.5. The van der Waals surface area contributed by atoms with Crippen molar-refractivity contribution < 1.29 is 0 Å². The highest BCUT2D eigenvalue weighted by atomic mass is 79.9. The number of allylic oxidation sites excluding steroid dienone is 5. The van der Waals surface area contributed by atoms with Crippen molar-refractivity contribution in [2.24, 2.45) is 15.7 Å². The molecule has 0 saturated heterocycles. The van der Waals surface area contributed by atoms with Gasteiger partial charge in [-0.15, -0.1) is 0 Å². The Kier molecular flexibility index (Phi) is 17.2. The van der Waals surface area contributed by atoms with E-state index in [1.807, 2.05) is 87.7 Å². The van der Waals surface area contributed by atoms with E-state index in [0.29, 0.717) is 17.2 Å². The first-order chi connectivity index (χ1) is 14.0. The Bertz CT molecular complexity index is 728. The van der Waals surface area contributed by atoms with Crippen LogP contribution in [0.1, 0.15) is 39.7 Å². The van der Waals surface area contributed by atoms with Crippen LogP contribution >= 0.6 is 31.9 Å². The molecule has 0 aliphatic heterocycles. The molecule has 29 heavy (non-hydrogen) atoms. The van der Waals surface area contributed by atoms with Crippen LogP contribution in [-0.2, 0) is 0 Å². The second-order valence-electron chi connectivity index (χ2n) is 5.87. The molecule has 0 saturated carbocycles. The summed E-state index contributed by atoms with van der Waals surface area (Å²) < 4.78 is 0.982. The van der Waals surface area contributed by atoms with E-state index in [4.69, 9.17) is 5.73 Å². The number of rotatable bonds is 10. The second kappa shape index (κ2) is 18.3. The minimum absolute atomic E-state index is 0.299. The van der Waals surface area contributed by atoms with Crippen LogP contribution in [0.2, 0.25) is 0 Å². The lowest BCUT2D eigenvalue weighted by Crippen LogP contribution is -2.13. The van der Waals surface area contributed by atoms with Crippen LogP contribution in [0.3, 0.4) is 0 Å². The van der Waals surface area contributed by atoms with E-state index >= 15 is 0 Å². The molecule has 0 aliphatic rings. The van der Waals surface area contributed by atoms with Gasteiger partial charge < -0.3 is 5.73 Å². The fourth-order valence-electron chi connectivity index (χ4n) is 2.00. The summed E-state index contributed by atoms with van der Waals surface area (Å²) in [5.41, 5.74) is 8.06. The Hall–Kier alpha value is -1.72. The van der Waals surface area contributed by atoms with Gasteiger partial charge in [-0.2, -0.15) is 0 Å². The molecule has 0 radical (unpaired) electrons. The van der Waals surface area contributed by atoms with Gasteiger partial charge in [0.05, 0.1) is 6.54 Å². The van der Waals surface area contributed by atoms with Crippen LogP contribution in [0.5, 0.6) is 0 Å². The molecule has 0 aliphatic carbocycles. The lowest BCUT2D eigenvalue weighted by atomic mass is 10.2. The molecule has 0 aromatic heterocycles. The third kappa shape index (κ3) is 15.8. The zero-order valence-corrected chi connectivity index (χ0v) is 21.0. The SMILES string of the molecule is C/C(=C\C(Br)=C/C(C)Br)C(N)=NC/C=C\C=C/CCN=Cc1ccccc1.CC. The Labute approximate surface area is 193 Å². The van der Waals surface area contributed by atoms with Gasteiger partial charge in [0.15, 0.2) is 0 Å². The summed E-state index contributed by atoms with van der Waals surface area (Å²) in [4.78, 5) is 9.06. The third-order valence-corrected chi connectivity index (χ3v) is 4.12. The van der Waals surface area contributed by atoms with Crippen molar-refractivity contribution in [2.75, 3.05) is 13.1 Å². The number of benzene rings is 1. The number of aliphatic imine (C=N–C) groups is 2. The highest BCUT2D eigenvalue weighted by molar-refractivity contribution is 9.12. The van der Waals surface area contributed by atoms with E-state index in [-0.39, 0.29) is 0 Å². The topological polar surface area (TPSA) is 50.7 Å². The maximum Gasteiger partial charge on any atom is 0.121 e. The van der Waals surface area contributed by atoms with Crippen LogP contribution in [-0.4, -0.2) is 30.0 Å². The number of halogens is 2. The molecular formula is C24H33Br2N3. The average Bonchev–Trinajstić information content (AvgIpc) is 2.70. The molecule has 1 rings (SSSR count). The van der Waals surface area contributed by atoms with Gasteiger partial charge in [0.1, 0.15) is 5.84 Å². The van der Waals surface area contributed by atoms with Gasteiger partial charge in [-0.3, -0.25) is 9.98 Å². The molecule has 158 valence electrons. The van der Waals surface area contributed by atoms with E-state index in [2.05, 4.69) is 54.8 Å². The summed E-state index contributed by atoms with van der Waals surface area (Å²) in [6, 6.07) is 10.1. The molecule has 0 heterocycles. The van der Waals surface area contributed by atoms with Crippen molar-refractivity contribution in [3.63, 3.8) is 0 Å². The lowest BCUT2D eigenvalue weighted by Gasteiger charge is -2.01. The summed E-state index contributed by atoms with van der Waals surface area (Å²) in [6.45, 7) is 9.34. The highest BCUT2D eigenvalue weighted by Gasteiger charge is 1.97. The maximum atomic E-state index is 5.99. The monoisotopic (exact) mass is 521 g/mol. The van der Waals surface area contributed by atoms with E-state index in [1.54, 1.807) is 0 Å². The fraction of sp³-hybridized carbons (Fsp3) is 0.333. The smallest absolute Gasteiger partial charge is 0.121 e. The molecule has 1 atom stereocenters. The van der Waals surface area contributed by atoms with Gasteiger partial charge in [-0.05, 0) is 37.5 Å². The predicted octanol–water partition coefficient (Wildman–Crippen LogP) is 7.00. The minimum Gasteiger partial charge on any atom is -0.384 e. The van der Waals surface area contributed by atoms with Crippen LogP contribution in [0, 0.1) is 0 Å². The lowest BCUT2D eigenvalue weighted by molar-refractivity contribution is 1.01. The van der Waals surface area contributed by atoms with Crippen molar-refractivity contribution >= 4 is 43.9 Å². The summed E-state index contributed by atoms with van der Waals surface area (Å²) in [7, 11) is 0. The van der Waals surface area contributed by atoms with Gasteiger partial charge in [0.2, 0.25) is 0 Å². The Balaban J connectivity index is 0.00000379. The zero-order valence-electron chi connectivity index (χ0n) is 17.9. The third-order valence-electron chi connectivity index (χ3n) is 3.36. The predicted molar refractivity (Wildman–Crippen MR) is 139 cm³/mol. The van der Waals surface area contributed by atoms with Crippen LogP contribution in [0.15, 0.2) is 86.8 Å². The Morgan fingerprint density at radius 1 is 1.14 bits per heavy atom. The Morgan fingerprint density at radius 3 is 2.45 bits per heavy atom. The molecule has 1 unspecified atom stereocenters. The van der Waals surface area contributed by atoms with Crippen molar-refractivity contribution in [1.82, 2.24) is 0 Å². The largest absolute Gasteiger partial charge is 0.384 e. The van der Waals surface area contributed by atoms with E-state index in [9.17, 15) is 0 Å². The van der Waals surface area contributed by atoms with Crippen molar-refractivity contribution in [3.8, 4) is 0 Å². The summed E-state index contributed by atoms with van der Waals surface area (Å²) in [5, 5.41) is 0. The molecule has 1 aromatic rings. The molecule has 2 N–H and O–H groups in total. The summed E-state index contributed by atoms with van der Waals surface area (Å²) >= 11 is 6.98. The number of hydrogen-bond donors (Lipinski definition) is 1. The maximum absolute atomic E-state index is 5.99. The summed E-state index contributed by atoms with van der Waals surface area (Å²) in [6.07, 6.45) is 14.9. The molecule has 0 amide bonds. The van der Waals surface area contributed by atoms with Gasteiger partial charge in [0, 0.05) is 22.1 Å². The highest BCUT2D eigenvalue weighted by Crippen LogP contribution is 2.14. The number of hydrogen-bond acceptors (Lipinski definition) is 2. The molecule has 0 bridgehead atoms. The molecule has 3 nitrogen and oxygen atoms in total. The Morgan fingerprint density at radius 2 is 1.79 bits per heavy atom. The zero-order chi connectivity index (χ0) is 21.9. The van der Waals surface area contributed by atoms with Gasteiger partial charge in [-0.1, -0.05) is 106 Å². The first-order valence-corrected chi connectivity index (χ1v) is 11.6. The number of nitrogens with two attached hydrogens (primary N) is 1. The molecular weight excluding hydrogens is 490 g/mol.